The molecule has 13 heavy (non-hydrogen) atoms. The van der Waals surface area contributed by atoms with Crippen molar-refractivity contribution in [1.29, 1.82) is 5.26 Å². The third-order valence-electron chi connectivity index (χ3n) is 1.66. The summed E-state index contributed by atoms with van der Waals surface area (Å²) < 4.78 is 0. The second-order valence-corrected chi connectivity index (χ2v) is 2.77. The molecule has 0 aliphatic rings. The number of hydrogen-bond donors (Lipinski definition) is 2. The summed E-state index contributed by atoms with van der Waals surface area (Å²) in [6.07, 6.45) is 1.60. The molecule has 0 fully saturated rings. The fourth-order valence-corrected chi connectivity index (χ4v) is 0.763. The highest BCUT2D eigenvalue weighted by Gasteiger charge is 2.12. The van der Waals surface area contributed by atoms with E-state index in [1.54, 1.807) is 13.1 Å². The molecule has 0 spiro atoms. The molecule has 0 bridgehead atoms. The topological polar surface area (TPSA) is 81.6 Å². The van der Waals surface area contributed by atoms with Crippen molar-refractivity contribution in [2.45, 2.75) is 13.8 Å². The number of aromatic amines is 1. The van der Waals surface area contributed by atoms with Gasteiger partial charge >= 0.3 is 0 Å². The number of carbonyl (C=O) groups excluding carboxylic acids is 1. The van der Waals surface area contributed by atoms with E-state index in [1.807, 2.05) is 13.0 Å². The molecule has 1 atom stereocenters. The Labute approximate surface area is 75.8 Å². The van der Waals surface area contributed by atoms with Crippen molar-refractivity contribution >= 4 is 11.7 Å². The molecule has 5 heteroatoms. The Hall–Kier alpha value is -1.83. The molecule has 1 aromatic rings. The number of anilines is 1. The molecule has 0 aliphatic heterocycles. The van der Waals surface area contributed by atoms with Crippen LogP contribution < -0.4 is 5.32 Å². The minimum atomic E-state index is -0.650. The van der Waals surface area contributed by atoms with Crippen molar-refractivity contribution in [3.8, 4) is 6.07 Å². The summed E-state index contributed by atoms with van der Waals surface area (Å²) in [6, 6.07) is 1.85. The van der Waals surface area contributed by atoms with Gasteiger partial charge in [0, 0.05) is 5.56 Å². The largest absolute Gasteiger partial charge is 0.310 e. The lowest BCUT2D eigenvalue weighted by molar-refractivity contribution is -0.117. The van der Waals surface area contributed by atoms with Gasteiger partial charge in [-0.3, -0.25) is 9.89 Å². The van der Waals surface area contributed by atoms with Crippen LogP contribution in [0.3, 0.4) is 0 Å². The first-order valence-electron chi connectivity index (χ1n) is 3.85. The maximum Gasteiger partial charge on any atom is 0.242 e. The highest BCUT2D eigenvalue weighted by Crippen LogP contribution is 2.09. The van der Waals surface area contributed by atoms with E-state index in [0.717, 1.165) is 5.56 Å². The minimum absolute atomic E-state index is 0.324. The smallest absolute Gasteiger partial charge is 0.242 e. The van der Waals surface area contributed by atoms with Crippen LogP contribution in [-0.4, -0.2) is 16.1 Å². The molecular weight excluding hydrogens is 168 g/mol. The summed E-state index contributed by atoms with van der Waals surface area (Å²) in [5.41, 5.74) is 0.846. The second kappa shape index (κ2) is 3.72. The van der Waals surface area contributed by atoms with Crippen LogP contribution in [-0.2, 0) is 4.79 Å². The summed E-state index contributed by atoms with van der Waals surface area (Å²) in [5, 5.41) is 17.4. The van der Waals surface area contributed by atoms with Gasteiger partial charge in [-0.25, -0.2) is 0 Å². The number of nitrogens with one attached hydrogen (secondary N) is 2. The zero-order valence-corrected chi connectivity index (χ0v) is 7.46. The molecule has 0 aliphatic carbocycles. The normalized spacial score (nSPS) is 11.8. The van der Waals surface area contributed by atoms with Crippen LogP contribution in [0.1, 0.15) is 12.5 Å². The van der Waals surface area contributed by atoms with E-state index in [0.29, 0.717) is 5.82 Å². The third kappa shape index (κ3) is 2.06. The van der Waals surface area contributed by atoms with Crippen LogP contribution in [0.5, 0.6) is 0 Å². The molecule has 1 amide bonds. The van der Waals surface area contributed by atoms with Crippen molar-refractivity contribution < 1.29 is 4.79 Å². The van der Waals surface area contributed by atoms with Crippen molar-refractivity contribution in [2.24, 2.45) is 5.92 Å². The monoisotopic (exact) mass is 178 g/mol. The highest BCUT2D eigenvalue weighted by atomic mass is 16.1. The van der Waals surface area contributed by atoms with Gasteiger partial charge in [-0.15, -0.1) is 0 Å². The molecule has 1 unspecified atom stereocenters. The Morgan fingerprint density at radius 1 is 1.85 bits per heavy atom. The second-order valence-electron chi connectivity index (χ2n) is 2.77. The summed E-state index contributed by atoms with van der Waals surface area (Å²) in [6.45, 7) is 3.36. The van der Waals surface area contributed by atoms with E-state index in [1.165, 1.54) is 0 Å². The Kier molecular flexibility index (Phi) is 2.65. The number of aryl methyl sites for hydroxylation is 1. The number of carbonyl (C=O) groups is 1. The predicted molar refractivity (Wildman–Crippen MR) is 46.7 cm³/mol. The first-order chi connectivity index (χ1) is 6.15. The van der Waals surface area contributed by atoms with Gasteiger partial charge in [0.25, 0.3) is 0 Å². The first-order valence-corrected chi connectivity index (χ1v) is 3.85. The summed E-state index contributed by atoms with van der Waals surface area (Å²) in [4.78, 5) is 11.2. The number of rotatable bonds is 2. The lowest BCUT2D eigenvalue weighted by Gasteiger charge is -2.03. The zero-order chi connectivity index (χ0) is 9.84. The summed E-state index contributed by atoms with van der Waals surface area (Å²) >= 11 is 0. The highest BCUT2D eigenvalue weighted by molar-refractivity contribution is 5.93. The van der Waals surface area contributed by atoms with Crippen molar-refractivity contribution in [2.75, 3.05) is 5.32 Å². The van der Waals surface area contributed by atoms with Gasteiger partial charge in [0.15, 0.2) is 0 Å². The Balaban J connectivity index is 2.66. The molecule has 1 heterocycles. The quantitative estimate of drug-likeness (QED) is 0.703. The fraction of sp³-hybridized carbons (Fsp3) is 0.375. The maximum absolute atomic E-state index is 11.2. The van der Waals surface area contributed by atoms with Crippen molar-refractivity contribution in [1.82, 2.24) is 10.2 Å². The number of H-pyrrole nitrogens is 1. The average molecular weight is 178 g/mol. The van der Waals surface area contributed by atoms with Crippen LogP contribution in [0.15, 0.2) is 6.20 Å². The predicted octanol–water partition coefficient (Wildman–Crippen LogP) is 0.816. The van der Waals surface area contributed by atoms with Gasteiger partial charge in [-0.1, -0.05) is 0 Å². The molecular formula is C8H10N4O. The number of hydrogen-bond acceptors (Lipinski definition) is 3. The van der Waals surface area contributed by atoms with Gasteiger partial charge in [0.2, 0.25) is 5.91 Å². The maximum atomic E-state index is 11.2. The number of amides is 1. The molecule has 0 aromatic carbocycles. The fourth-order valence-electron chi connectivity index (χ4n) is 0.763. The lowest BCUT2D eigenvalue weighted by atomic mass is 10.2. The zero-order valence-electron chi connectivity index (χ0n) is 7.46. The Bertz CT molecular complexity index is 349. The number of aromatic nitrogens is 2. The van der Waals surface area contributed by atoms with Gasteiger partial charge in [0.05, 0.1) is 12.3 Å². The standard InChI is InChI=1S/C8H10N4O/c1-5(3-9)8(13)11-7-6(2)4-10-12-7/h4-5H,1-2H3,(H2,10,11,12,13). The van der Waals surface area contributed by atoms with Gasteiger partial charge in [0.1, 0.15) is 11.7 Å². The van der Waals surface area contributed by atoms with E-state index >= 15 is 0 Å². The van der Waals surface area contributed by atoms with Crippen LogP contribution >= 0.6 is 0 Å². The van der Waals surface area contributed by atoms with Gasteiger partial charge in [-0.05, 0) is 13.8 Å². The first kappa shape index (κ1) is 9.26. The third-order valence-corrected chi connectivity index (χ3v) is 1.66. The van der Waals surface area contributed by atoms with Crippen LogP contribution in [0.4, 0.5) is 5.82 Å². The summed E-state index contributed by atoms with van der Waals surface area (Å²) in [5.74, 6) is -0.426. The van der Waals surface area contributed by atoms with E-state index < -0.39 is 5.92 Å². The molecule has 0 saturated carbocycles. The van der Waals surface area contributed by atoms with E-state index in [-0.39, 0.29) is 5.91 Å². The van der Waals surface area contributed by atoms with Crippen molar-refractivity contribution in [3.05, 3.63) is 11.8 Å². The molecule has 0 saturated heterocycles. The average Bonchev–Trinajstić information content (AvgIpc) is 2.50. The lowest BCUT2D eigenvalue weighted by Crippen LogP contribution is -2.19. The Morgan fingerprint density at radius 3 is 3.00 bits per heavy atom. The molecule has 1 aromatic heterocycles. The molecule has 68 valence electrons. The SMILES string of the molecule is Cc1cn[nH]c1NC(=O)C(C)C#N. The molecule has 1 rings (SSSR count). The number of nitrogens with zero attached hydrogens (tertiary/aromatic N) is 2. The van der Waals surface area contributed by atoms with E-state index in [2.05, 4.69) is 15.5 Å². The summed E-state index contributed by atoms with van der Waals surface area (Å²) in [7, 11) is 0. The van der Waals surface area contributed by atoms with Gasteiger partial charge < -0.3 is 5.32 Å². The van der Waals surface area contributed by atoms with E-state index in [9.17, 15) is 4.79 Å². The van der Waals surface area contributed by atoms with Crippen LogP contribution in [0.2, 0.25) is 0 Å². The molecule has 2 N–H and O–H groups in total. The van der Waals surface area contributed by atoms with E-state index in [4.69, 9.17) is 5.26 Å². The Morgan fingerprint density at radius 2 is 2.54 bits per heavy atom. The van der Waals surface area contributed by atoms with Crippen LogP contribution in [0.25, 0.3) is 0 Å². The van der Waals surface area contributed by atoms with Crippen molar-refractivity contribution in [3.63, 3.8) is 0 Å². The minimum Gasteiger partial charge on any atom is -0.310 e. The number of nitriles is 1. The molecule has 0 radical (unpaired) electrons. The van der Waals surface area contributed by atoms with Gasteiger partial charge in [-0.2, -0.15) is 10.4 Å². The molecule has 5 nitrogen and oxygen atoms in total. The van der Waals surface area contributed by atoms with Crippen LogP contribution in [0, 0.1) is 24.2 Å².